The summed E-state index contributed by atoms with van der Waals surface area (Å²) in [6.45, 7) is 3.87. The van der Waals surface area contributed by atoms with Crippen molar-refractivity contribution in [1.82, 2.24) is 10.2 Å². The van der Waals surface area contributed by atoms with Crippen LogP contribution in [-0.4, -0.2) is 35.1 Å². The van der Waals surface area contributed by atoms with E-state index in [-0.39, 0.29) is 18.2 Å². The molecule has 2 heterocycles. The first kappa shape index (κ1) is 19.0. The Morgan fingerprint density at radius 3 is 2.57 bits per heavy atom. The number of benzene rings is 2. The number of amides is 2. The van der Waals surface area contributed by atoms with Crippen molar-refractivity contribution in [2.45, 2.75) is 42.5 Å². The number of para-hydroxylation sites is 1. The average Bonchev–Trinajstić information content (AvgIpc) is 3.21. The van der Waals surface area contributed by atoms with Crippen molar-refractivity contribution in [2.24, 2.45) is 0 Å². The van der Waals surface area contributed by atoms with Crippen LogP contribution in [0.3, 0.4) is 0 Å². The van der Waals surface area contributed by atoms with E-state index in [9.17, 15) is 9.59 Å². The molecule has 4 rings (SSSR count). The van der Waals surface area contributed by atoms with Crippen LogP contribution >= 0.6 is 11.8 Å². The minimum Gasteiger partial charge on any atom is -0.352 e. The van der Waals surface area contributed by atoms with Crippen LogP contribution in [0.2, 0.25) is 0 Å². The van der Waals surface area contributed by atoms with Crippen molar-refractivity contribution >= 4 is 29.3 Å². The summed E-state index contributed by atoms with van der Waals surface area (Å²) in [5.41, 5.74) is 3.21. The van der Waals surface area contributed by atoms with Crippen LogP contribution in [0.15, 0.2) is 53.4 Å². The first-order valence-corrected chi connectivity index (χ1v) is 10.7. The number of nitrogens with one attached hydrogen (secondary N) is 2. The second kappa shape index (κ2) is 8.80. The standard InChI is InChI=1S/C22H25N3O2S/c26-21(13-20-22(27)24-18-5-1-2-6-19(18)28-20)23-14-16-7-9-17(10-8-16)15-25-11-3-4-12-25/h1-2,5-10,20H,3-4,11-15H2,(H,23,26)(H,24,27)/t20-/m0/s1. The van der Waals surface area contributed by atoms with Gasteiger partial charge in [-0.2, -0.15) is 0 Å². The molecule has 5 nitrogen and oxygen atoms in total. The molecule has 0 bridgehead atoms. The number of nitrogens with zero attached hydrogens (tertiary/aromatic N) is 1. The van der Waals surface area contributed by atoms with Gasteiger partial charge in [-0.15, -0.1) is 11.8 Å². The van der Waals surface area contributed by atoms with Gasteiger partial charge in [-0.05, 0) is 49.2 Å². The highest BCUT2D eigenvalue weighted by Crippen LogP contribution is 2.36. The Kier molecular flexibility index (Phi) is 5.98. The fourth-order valence-corrected chi connectivity index (χ4v) is 4.74. The normalized spacial score (nSPS) is 19.1. The van der Waals surface area contributed by atoms with Gasteiger partial charge in [0, 0.05) is 24.4 Å². The summed E-state index contributed by atoms with van der Waals surface area (Å²) in [5.74, 6) is -0.210. The second-order valence-corrected chi connectivity index (χ2v) is 8.62. The average molecular weight is 396 g/mol. The molecule has 0 unspecified atom stereocenters. The first-order valence-electron chi connectivity index (χ1n) is 9.81. The van der Waals surface area contributed by atoms with Gasteiger partial charge in [-0.25, -0.2) is 0 Å². The maximum atomic E-state index is 12.3. The van der Waals surface area contributed by atoms with Crippen LogP contribution in [-0.2, 0) is 22.7 Å². The molecule has 6 heteroatoms. The molecule has 2 aromatic rings. The number of hydrogen-bond donors (Lipinski definition) is 2. The van der Waals surface area contributed by atoms with Gasteiger partial charge in [0.1, 0.15) is 0 Å². The Morgan fingerprint density at radius 1 is 1.07 bits per heavy atom. The molecular weight excluding hydrogens is 370 g/mol. The van der Waals surface area contributed by atoms with Gasteiger partial charge >= 0.3 is 0 Å². The van der Waals surface area contributed by atoms with Crippen LogP contribution in [0.5, 0.6) is 0 Å². The molecule has 28 heavy (non-hydrogen) atoms. The minimum atomic E-state index is -0.391. The topological polar surface area (TPSA) is 61.4 Å². The Hall–Kier alpha value is -2.31. The number of carbonyl (C=O) groups excluding carboxylic acids is 2. The summed E-state index contributed by atoms with van der Waals surface area (Å²) < 4.78 is 0. The molecule has 2 aliphatic rings. The van der Waals surface area contributed by atoms with Crippen molar-refractivity contribution < 1.29 is 9.59 Å². The van der Waals surface area contributed by atoms with Gasteiger partial charge in [0.15, 0.2) is 0 Å². The summed E-state index contributed by atoms with van der Waals surface area (Å²) in [6.07, 6.45) is 2.78. The summed E-state index contributed by atoms with van der Waals surface area (Å²) in [4.78, 5) is 28.0. The molecule has 0 aromatic heterocycles. The van der Waals surface area contributed by atoms with Gasteiger partial charge in [0.05, 0.1) is 10.9 Å². The number of fused-ring (bicyclic) bond motifs is 1. The maximum absolute atomic E-state index is 12.3. The van der Waals surface area contributed by atoms with Crippen LogP contribution in [0.1, 0.15) is 30.4 Å². The molecule has 2 N–H and O–H groups in total. The van der Waals surface area contributed by atoms with Gasteiger partial charge in [-0.3, -0.25) is 14.5 Å². The molecule has 2 amide bonds. The Morgan fingerprint density at radius 2 is 1.79 bits per heavy atom. The van der Waals surface area contributed by atoms with Crippen molar-refractivity contribution in [3.63, 3.8) is 0 Å². The van der Waals surface area contributed by atoms with E-state index in [0.717, 1.165) is 22.7 Å². The van der Waals surface area contributed by atoms with E-state index in [1.807, 2.05) is 24.3 Å². The number of hydrogen-bond acceptors (Lipinski definition) is 4. The van der Waals surface area contributed by atoms with E-state index < -0.39 is 5.25 Å². The number of likely N-dealkylation sites (tertiary alicyclic amines) is 1. The van der Waals surface area contributed by atoms with Crippen LogP contribution in [0.4, 0.5) is 5.69 Å². The van der Waals surface area contributed by atoms with E-state index in [1.165, 1.54) is 43.3 Å². The summed E-state index contributed by atoms with van der Waals surface area (Å²) in [6, 6.07) is 16.1. The third-order valence-electron chi connectivity index (χ3n) is 5.19. The van der Waals surface area contributed by atoms with Crippen molar-refractivity contribution in [3.05, 3.63) is 59.7 Å². The van der Waals surface area contributed by atoms with Crippen molar-refractivity contribution in [3.8, 4) is 0 Å². The molecule has 1 fully saturated rings. The van der Waals surface area contributed by atoms with Gasteiger partial charge in [0.2, 0.25) is 11.8 Å². The smallest absolute Gasteiger partial charge is 0.238 e. The molecule has 146 valence electrons. The molecule has 2 aromatic carbocycles. The lowest BCUT2D eigenvalue weighted by Crippen LogP contribution is -2.34. The highest BCUT2D eigenvalue weighted by molar-refractivity contribution is 8.01. The summed E-state index contributed by atoms with van der Waals surface area (Å²) >= 11 is 1.45. The molecule has 0 spiro atoms. The van der Waals surface area contributed by atoms with E-state index in [4.69, 9.17) is 0 Å². The van der Waals surface area contributed by atoms with E-state index >= 15 is 0 Å². The van der Waals surface area contributed by atoms with E-state index in [2.05, 4.69) is 39.8 Å². The van der Waals surface area contributed by atoms with Crippen molar-refractivity contribution in [1.29, 1.82) is 0 Å². The van der Waals surface area contributed by atoms with Gasteiger partial charge in [0.25, 0.3) is 0 Å². The van der Waals surface area contributed by atoms with E-state index in [0.29, 0.717) is 6.54 Å². The Balaban J connectivity index is 1.26. The largest absolute Gasteiger partial charge is 0.352 e. The van der Waals surface area contributed by atoms with Gasteiger partial charge < -0.3 is 10.6 Å². The third-order valence-corrected chi connectivity index (χ3v) is 6.47. The maximum Gasteiger partial charge on any atom is 0.238 e. The van der Waals surface area contributed by atoms with Crippen LogP contribution < -0.4 is 10.6 Å². The molecule has 2 aliphatic heterocycles. The van der Waals surface area contributed by atoms with Gasteiger partial charge in [-0.1, -0.05) is 36.4 Å². The SMILES string of the molecule is O=C(C[C@@H]1Sc2ccccc2NC1=O)NCc1ccc(CN2CCCC2)cc1. The number of rotatable bonds is 6. The minimum absolute atomic E-state index is 0.104. The summed E-state index contributed by atoms with van der Waals surface area (Å²) in [7, 11) is 0. The summed E-state index contributed by atoms with van der Waals surface area (Å²) in [5, 5.41) is 5.43. The first-order chi connectivity index (χ1) is 13.7. The highest BCUT2D eigenvalue weighted by Gasteiger charge is 2.28. The molecule has 0 saturated carbocycles. The fraction of sp³-hybridized carbons (Fsp3) is 0.364. The number of anilines is 1. The molecule has 0 aliphatic carbocycles. The van der Waals surface area contributed by atoms with E-state index in [1.54, 1.807) is 0 Å². The predicted molar refractivity (Wildman–Crippen MR) is 112 cm³/mol. The molecule has 1 saturated heterocycles. The number of carbonyl (C=O) groups is 2. The number of thioether (sulfide) groups is 1. The highest BCUT2D eigenvalue weighted by atomic mass is 32.2. The van der Waals surface area contributed by atoms with Crippen molar-refractivity contribution in [2.75, 3.05) is 18.4 Å². The zero-order valence-electron chi connectivity index (χ0n) is 15.8. The lowest BCUT2D eigenvalue weighted by molar-refractivity contribution is -0.124. The Labute approximate surface area is 169 Å². The van der Waals surface area contributed by atoms with Crippen LogP contribution in [0, 0.1) is 0 Å². The zero-order valence-corrected chi connectivity index (χ0v) is 16.6. The Bertz CT molecular complexity index is 847. The van der Waals surface area contributed by atoms with Crippen LogP contribution in [0.25, 0.3) is 0 Å². The quantitative estimate of drug-likeness (QED) is 0.787. The predicted octanol–water partition coefficient (Wildman–Crippen LogP) is 3.40. The molecule has 1 atom stereocenters. The second-order valence-electron chi connectivity index (χ2n) is 7.37. The third kappa shape index (κ3) is 4.75. The molecular formula is C22H25N3O2S. The zero-order chi connectivity index (χ0) is 19.3. The lowest BCUT2D eigenvalue weighted by atomic mass is 10.1. The molecule has 0 radical (unpaired) electrons. The fourth-order valence-electron chi connectivity index (χ4n) is 3.63. The monoisotopic (exact) mass is 395 g/mol. The lowest BCUT2D eigenvalue weighted by Gasteiger charge is -2.23.